The lowest BCUT2D eigenvalue weighted by molar-refractivity contribution is 0.750. The highest BCUT2D eigenvalue weighted by Crippen LogP contribution is 2.56. The van der Waals surface area contributed by atoms with E-state index in [0.29, 0.717) is 0 Å². The normalized spacial score (nSPS) is 22.0. The summed E-state index contributed by atoms with van der Waals surface area (Å²) < 4.78 is 297. The first kappa shape index (κ1) is 11.3. The molecule has 1 aliphatic rings. The van der Waals surface area contributed by atoms with Gasteiger partial charge >= 0.3 is 0 Å². The van der Waals surface area contributed by atoms with Crippen LogP contribution in [0.2, 0.25) is 0 Å². The van der Waals surface area contributed by atoms with Crippen LogP contribution < -0.4 is 0 Å². The third-order valence-electron chi connectivity index (χ3n) is 9.06. The van der Waals surface area contributed by atoms with Crippen LogP contribution in [0.4, 0.5) is 0 Å². The smallest absolute Gasteiger partial charge is 0.0622 e. The van der Waals surface area contributed by atoms with Gasteiger partial charge < -0.3 is 0 Å². The Balaban J connectivity index is 1.48. The first-order valence-corrected chi connectivity index (χ1v) is 15.2. The van der Waals surface area contributed by atoms with Crippen LogP contribution in [0, 0.1) is 0 Å². The average Bonchev–Trinajstić information content (AvgIpc) is 1.20. The molecule has 0 unspecified atom stereocenters. The Morgan fingerprint density at radius 3 is 1.47 bits per heavy atom. The molecule has 11 rings (SSSR count). The van der Waals surface area contributed by atoms with E-state index in [2.05, 4.69) is 0 Å². The maximum atomic E-state index is 10.5. The Labute approximate surface area is 342 Å². The third-order valence-corrected chi connectivity index (χ3v) is 9.06. The van der Waals surface area contributed by atoms with Crippen molar-refractivity contribution in [3.8, 4) is 33.4 Å². The molecule has 0 N–H and O–H groups in total. The topological polar surface area (TPSA) is 0 Å². The largest absolute Gasteiger partial charge is 0.0713 e. The van der Waals surface area contributed by atoms with Crippen molar-refractivity contribution in [2.24, 2.45) is 0 Å². The van der Waals surface area contributed by atoms with Gasteiger partial charge in [0.2, 0.25) is 0 Å². The van der Waals surface area contributed by atoms with Crippen LogP contribution in [0.25, 0.3) is 76.5 Å². The fourth-order valence-electron chi connectivity index (χ4n) is 7.00. The number of benzene rings is 10. The minimum atomic E-state index is -3.42. The van der Waals surface area contributed by atoms with Crippen LogP contribution in [0.15, 0.2) is 193 Å². The van der Waals surface area contributed by atoms with Crippen LogP contribution in [0.1, 0.15) is 66.1 Å². The van der Waals surface area contributed by atoms with Crippen LogP contribution >= 0.6 is 0 Å². The molecule has 0 saturated heterocycles. The van der Waals surface area contributed by atoms with E-state index in [1.54, 1.807) is 0 Å². The van der Waals surface area contributed by atoms with Crippen LogP contribution in [-0.2, 0) is 5.41 Å². The van der Waals surface area contributed by atoms with Crippen molar-refractivity contribution in [1.82, 2.24) is 0 Å². The second kappa shape index (κ2) is 10.7. The van der Waals surface area contributed by atoms with Crippen molar-refractivity contribution in [3.63, 3.8) is 0 Å². The molecule has 0 bridgehead atoms. The van der Waals surface area contributed by atoms with Gasteiger partial charge in [0.1, 0.15) is 0 Å². The summed E-state index contributed by atoms with van der Waals surface area (Å²) in [5.41, 5.74) is -12.7. The predicted octanol–water partition coefficient (Wildman–Crippen LogP) is 13.4. The monoisotopic (exact) mass is 676 g/mol. The van der Waals surface area contributed by atoms with Crippen molar-refractivity contribution >= 4 is 43.1 Å². The highest BCUT2D eigenvalue weighted by Gasteiger charge is 2.44. The lowest BCUT2D eigenvalue weighted by Gasteiger charge is -2.42. The Morgan fingerprint density at radius 1 is 0.314 bits per heavy atom. The van der Waals surface area contributed by atoms with Gasteiger partial charge in [-0.05, 0) is 105 Å². The summed E-state index contributed by atoms with van der Waals surface area (Å²) in [6.07, 6.45) is 0. The van der Waals surface area contributed by atoms with Gasteiger partial charge in [-0.2, -0.15) is 0 Å². The highest BCUT2D eigenvalue weighted by atomic mass is 14.4. The molecule has 0 aliphatic heterocycles. The van der Waals surface area contributed by atoms with Gasteiger partial charge in [0.15, 0.2) is 0 Å². The van der Waals surface area contributed by atoms with Crippen molar-refractivity contribution < 1.29 is 43.9 Å². The zero-order valence-electron chi connectivity index (χ0n) is 57.5. The number of fused-ring (bicyclic) bond motifs is 2. The maximum Gasteiger partial charge on any atom is 0.0713 e. The minimum Gasteiger partial charge on any atom is -0.0622 e. The fraction of sp³-hybridized carbons (Fsp3) is 0.0196. The molecule has 1 aliphatic carbocycles. The fourth-order valence-corrected chi connectivity index (χ4v) is 7.00. The SMILES string of the molecule is [2H]c1c([2H])c([2H])c(-c2c([2H])c([2H])c3c([2H])c([2H])c4c(-c5c([2H])c([2H])c6c(c5[2H])-c5c([2H])c([2H])c([2H])c7c([2H])c([2H])c([2H])c(c57)C6(c5c([2H])c([2H])c([2H])c([2H])c5[2H])c5c([2H])c([2H])c([2H])c([2H])c5[2H])c([2H])c([2H])c5c([2H])c([2H])c2c3c54)c([2H])c1[2H]. The van der Waals surface area contributed by atoms with Crippen molar-refractivity contribution in [1.29, 1.82) is 0 Å². The molecule has 10 aromatic carbocycles. The summed E-state index contributed by atoms with van der Waals surface area (Å²) in [6, 6.07) is -34.1. The van der Waals surface area contributed by atoms with E-state index < -0.39 is 297 Å². The average molecular weight is 677 g/mol. The molecule has 0 spiro atoms. The number of hydrogen-bond donors (Lipinski definition) is 0. The van der Waals surface area contributed by atoms with E-state index in [1.807, 2.05) is 0 Å². The summed E-state index contributed by atoms with van der Waals surface area (Å²) in [5, 5.41) is -5.15. The molecule has 236 valence electrons. The van der Waals surface area contributed by atoms with Crippen molar-refractivity contribution in [3.05, 3.63) is 216 Å². The molecule has 10 aromatic rings. The standard InChI is InChI=1S/C51H32/c1-4-12-33(13-5-1)40-27-22-35-25-30-44-41(28-23-36-24-29-43(40)49(35)50(36)44)37-26-31-46-45(32-37)42-20-10-14-34-15-11-21-47(48(34)42)51(46,38-16-6-2-7-17-38)39-18-8-3-9-19-39/h1-32H/i1D,2D,3D,4D,5D,6D,7D,8D,9D,10D,11D,12D,13D,14D,15D,16D,17D,18D,19D,20D,21D,22D,23D,24D,25D,26D,27D,28D,29D,30D,31D,32D. The molecule has 0 nitrogen and oxygen atoms in total. The lowest BCUT2D eigenvalue weighted by atomic mass is 9.59. The Kier molecular flexibility index (Phi) is 2.37. The molecule has 0 saturated carbocycles. The number of rotatable bonds is 4. The van der Waals surface area contributed by atoms with Crippen LogP contribution in [0.3, 0.4) is 0 Å². The van der Waals surface area contributed by atoms with E-state index in [1.165, 1.54) is 0 Å². The van der Waals surface area contributed by atoms with Gasteiger partial charge in [-0.1, -0.05) is 187 Å². The molecule has 0 fully saturated rings. The summed E-state index contributed by atoms with van der Waals surface area (Å²) in [6.45, 7) is 0. The van der Waals surface area contributed by atoms with Gasteiger partial charge in [0.05, 0.1) is 49.3 Å². The molecule has 0 aromatic heterocycles. The lowest BCUT2D eigenvalue weighted by Crippen LogP contribution is -2.33. The van der Waals surface area contributed by atoms with Gasteiger partial charge in [0, 0.05) is 0 Å². The van der Waals surface area contributed by atoms with Crippen LogP contribution in [0.5, 0.6) is 0 Å². The Hall–Kier alpha value is -6.50. The summed E-state index contributed by atoms with van der Waals surface area (Å²) in [7, 11) is 0. The van der Waals surface area contributed by atoms with Gasteiger partial charge in [-0.3, -0.25) is 0 Å². The van der Waals surface area contributed by atoms with Gasteiger partial charge in [-0.15, -0.1) is 0 Å². The van der Waals surface area contributed by atoms with E-state index in [0.717, 1.165) is 0 Å². The molecular weight excluding hydrogens is 613 g/mol. The quantitative estimate of drug-likeness (QED) is 0.163. The second-order valence-corrected chi connectivity index (χ2v) is 11.5. The molecule has 0 radical (unpaired) electrons. The molecular formula is C51H32. The predicted molar refractivity (Wildman–Crippen MR) is 216 cm³/mol. The molecule has 0 amide bonds. The Bertz CT molecular complexity index is 4650. The van der Waals surface area contributed by atoms with Crippen molar-refractivity contribution in [2.75, 3.05) is 0 Å². The number of hydrogen-bond acceptors (Lipinski definition) is 0. The maximum absolute atomic E-state index is 10.5. The van der Waals surface area contributed by atoms with E-state index >= 15 is 0 Å². The molecule has 0 atom stereocenters. The highest BCUT2D eigenvalue weighted by molar-refractivity contribution is 6.27. The summed E-state index contributed by atoms with van der Waals surface area (Å²) in [4.78, 5) is 0. The first-order valence-electron chi connectivity index (χ1n) is 31.2. The van der Waals surface area contributed by atoms with E-state index in [-0.39, 0.29) is 0 Å². The van der Waals surface area contributed by atoms with E-state index in [4.69, 9.17) is 16.4 Å². The summed E-state index contributed by atoms with van der Waals surface area (Å²) in [5.74, 6) is 0. The molecule has 0 heteroatoms. The first-order chi connectivity index (χ1) is 38.6. The van der Waals surface area contributed by atoms with E-state index in [9.17, 15) is 27.4 Å². The second-order valence-electron chi connectivity index (χ2n) is 11.5. The molecule has 0 heterocycles. The summed E-state index contributed by atoms with van der Waals surface area (Å²) >= 11 is 0. The van der Waals surface area contributed by atoms with Gasteiger partial charge in [-0.25, -0.2) is 0 Å². The van der Waals surface area contributed by atoms with Crippen LogP contribution in [-0.4, -0.2) is 0 Å². The third kappa shape index (κ3) is 3.91. The molecule has 51 heavy (non-hydrogen) atoms. The minimum absolute atomic E-state index is 0.496. The van der Waals surface area contributed by atoms with Gasteiger partial charge in [0.25, 0.3) is 0 Å². The van der Waals surface area contributed by atoms with Crippen molar-refractivity contribution in [2.45, 2.75) is 5.41 Å². The zero-order chi connectivity index (χ0) is 61.4. The zero-order valence-corrected chi connectivity index (χ0v) is 25.5. The Morgan fingerprint density at radius 2 is 0.843 bits per heavy atom.